The molecule has 0 bridgehead atoms. The number of rotatable bonds is 4. The molecule has 9 nitrogen and oxygen atoms in total. The first-order chi connectivity index (χ1) is 12.3. The first kappa shape index (κ1) is 17.5. The predicted molar refractivity (Wildman–Crippen MR) is 95.2 cm³/mol. The van der Waals surface area contributed by atoms with Crippen LogP contribution >= 0.6 is 0 Å². The number of amides is 1. The molecular weight excluding hydrogens is 334 g/mol. The highest BCUT2D eigenvalue weighted by Gasteiger charge is 2.19. The number of hydrogen-bond acceptors (Lipinski definition) is 6. The molecule has 0 spiro atoms. The summed E-state index contributed by atoms with van der Waals surface area (Å²) in [5.74, 6) is 0.210. The Morgan fingerprint density at radius 2 is 1.88 bits per heavy atom. The molecule has 0 aliphatic rings. The Bertz CT molecular complexity index is 1020. The van der Waals surface area contributed by atoms with Crippen LogP contribution in [0.1, 0.15) is 30.0 Å². The van der Waals surface area contributed by atoms with Crippen LogP contribution in [-0.4, -0.2) is 35.4 Å². The van der Waals surface area contributed by atoms with Crippen molar-refractivity contribution >= 4 is 11.9 Å². The highest BCUT2D eigenvalue weighted by molar-refractivity contribution is 5.91. The van der Waals surface area contributed by atoms with Crippen LogP contribution in [0.4, 0.5) is 5.95 Å². The first-order valence-electron chi connectivity index (χ1n) is 8.09. The van der Waals surface area contributed by atoms with Crippen molar-refractivity contribution in [1.82, 2.24) is 29.5 Å². The van der Waals surface area contributed by atoms with Crippen molar-refractivity contribution in [2.45, 2.75) is 33.7 Å². The van der Waals surface area contributed by atoms with Crippen LogP contribution in [-0.2, 0) is 4.79 Å². The number of aromatic nitrogens is 6. The van der Waals surface area contributed by atoms with E-state index in [0.29, 0.717) is 5.82 Å². The van der Waals surface area contributed by atoms with Gasteiger partial charge in [0.2, 0.25) is 5.95 Å². The summed E-state index contributed by atoms with van der Waals surface area (Å²) in [5, 5.41) is 11.3. The second-order valence-electron chi connectivity index (χ2n) is 6.00. The smallest absolute Gasteiger partial charge is 0.267 e. The summed E-state index contributed by atoms with van der Waals surface area (Å²) in [5.41, 5.74) is 2.06. The predicted octanol–water partition coefficient (Wildman–Crippen LogP) is 1.34. The summed E-state index contributed by atoms with van der Waals surface area (Å²) in [6.07, 6.45) is 1.55. The summed E-state index contributed by atoms with van der Waals surface area (Å²) in [6, 6.07) is 5.73. The molecule has 134 valence electrons. The zero-order chi connectivity index (χ0) is 18.8. The second kappa shape index (κ2) is 6.87. The lowest BCUT2D eigenvalue weighted by Crippen LogP contribution is -2.34. The summed E-state index contributed by atoms with van der Waals surface area (Å²) in [6.45, 7) is 7.15. The molecule has 3 heterocycles. The molecule has 0 fully saturated rings. The van der Waals surface area contributed by atoms with Crippen molar-refractivity contribution in [3.05, 3.63) is 57.9 Å². The molecule has 1 N–H and O–H groups in total. The molecule has 0 aromatic carbocycles. The fraction of sp³-hybridized carbons (Fsp3) is 0.294. The van der Waals surface area contributed by atoms with E-state index in [-0.39, 0.29) is 11.5 Å². The second-order valence-corrected chi connectivity index (χ2v) is 6.00. The van der Waals surface area contributed by atoms with Gasteiger partial charge in [0.15, 0.2) is 5.82 Å². The van der Waals surface area contributed by atoms with E-state index < -0.39 is 11.9 Å². The number of hydrogen-bond donors (Lipinski definition) is 1. The van der Waals surface area contributed by atoms with E-state index in [1.807, 2.05) is 19.9 Å². The largest absolute Gasteiger partial charge is 0.293 e. The zero-order valence-corrected chi connectivity index (χ0v) is 15.0. The van der Waals surface area contributed by atoms with Crippen molar-refractivity contribution < 1.29 is 4.79 Å². The SMILES string of the molecule is Cc1ccnc(NC(=O)C(C)n2nc(-n3nc(C)cc3C)ccc2=O)n1. The van der Waals surface area contributed by atoms with E-state index in [2.05, 4.69) is 25.5 Å². The number of carbonyl (C=O) groups excluding carboxylic acids is 1. The maximum Gasteiger partial charge on any atom is 0.267 e. The Morgan fingerprint density at radius 1 is 1.12 bits per heavy atom. The van der Waals surface area contributed by atoms with Gasteiger partial charge < -0.3 is 0 Å². The minimum absolute atomic E-state index is 0.185. The average Bonchev–Trinajstić information content (AvgIpc) is 2.93. The molecule has 1 amide bonds. The zero-order valence-electron chi connectivity index (χ0n) is 15.0. The molecule has 0 saturated carbocycles. The van der Waals surface area contributed by atoms with E-state index in [9.17, 15) is 9.59 Å². The minimum Gasteiger partial charge on any atom is -0.293 e. The standard InChI is InChI=1S/C17H19N7O2/c1-10-7-8-18-17(19-10)20-16(26)13(4)24-15(25)6-5-14(22-24)23-12(3)9-11(2)21-23/h5-9,13H,1-4H3,(H,18,19,20,26). The maximum absolute atomic E-state index is 12.5. The molecular formula is C17H19N7O2. The summed E-state index contributed by atoms with van der Waals surface area (Å²) in [4.78, 5) is 32.8. The summed E-state index contributed by atoms with van der Waals surface area (Å²) < 4.78 is 2.75. The van der Waals surface area contributed by atoms with Gasteiger partial charge in [-0.25, -0.2) is 19.3 Å². The van der Waals surface area contributed by atoms with E-state index in [4.69, 9.17) is 0 Å². The summed E-state index contributed by atoms with van der Waals surface area (Å²) >= 11 is 0. The highest BCUT2D eigenvalue weighted by Crippen LogP contribution is 2.10. The van der Waals surface area contributed by atoms with Crippen molar-refractivity contribution in [3.8, 4) is 5.82 Å². The van der Waals surface area contributed by atoms with E-state index in [0.717, 1.165) is 21.8 Å². The van der Waals surface area contributed by atoms with E-state index >= 15 is 0 Å². The van der Waals surface area contributed by atoms with Crippen molar-refractivity contribution in [1.29, 1.82) is 0 Å². The van der Waals surface area contributed by atoms with Crippen LogP contribution in [0.3, 0.4) is 0 Å². The van der Waals surface area contributed by atoms with Gasteiger partial charge in [-0.15, -0.1) is 5.10 Å². The molecule has 0 saturated heterocycles. The number of nitrogens with zero attached hydrogens (tertiary/aromatic N) is 6. The monoisotopic (exact) mass is 353 g/mol. The lowest BCUT2D eigenvalue weighted by Gasteiger charge is -2.14. The quantitative estimate of drug-likeness (QED) is 0.758. The van der Waals surface area contributed by atoms with Crippen molar-refractivity contribution in [3.63, 3.8) is 0 Å². The van der Waals surface area contributed by atoms with Gasteiger partial charge in [0, 0.05) is 23.7 Å². The van der Waals surface area contributed by atoms with Crippen LogP contribution in [0.25, 0.3) is 5.82 Å². The Kier molecular flexibility index (Phi) is 4.61. The van der Waals surface area contributed by atoms with Gasteiger partial charge in [-0.1, -0.05) is 0 Å². The first-order valence-corrected chi connectivity index (χ1v) is 8.09. The molecule has 0 radical (unpaired) electrons. The Labute approximate surface area is 149 Å². The number of carbonyl (C=O) groups is 1. The van der Waals surface area contributed by atoms with Gasteiger partial charge in [-0.05, 0) is 45.9 Å². The number of aryl methyl sites for hydroxylation is 3. The Morgan fingerprint density at radius 3 is 2.54 bits per heavy atom. The molecule has 3 aromatic rings. The lowest BCUT2D eigenvalue weighted by molar-refractivity contribution is -0.119. The van der Waals surface area contributed by atoms with Gasteiger partial charge in [0.05, 0.1) is 5.69 Å². The molecule has 0 aliphatic heterocycles. The average molecular weight is 353 g/mol. The lowest BCUT2D eigenvalue weighted by atomic mass is 10.3. The van der Waals surface area contributed by atoms with Crippen LogP contribution in [0.15, 0.2) is 35.3 Å². The van der Waals surface area contributed by atoms with Gasteiger partial charge >= 0.3 is 0 Å². The van der Waals surface area contributed by atoms with Crippen LogP contribution in [0.5, 0.6) is 0 Å². The number of anilines is 1. The molecule has 3 rings (SSSR count). The maximum atomic E-state index is 12.5. The van der Waals surface area contributed by atoms with Crippen LogP contribution in [0, 0.1) is 20.8 Å². The van der Waals surface area contributed by atoms with Crippen molar-refractivity contribution in [2.24, 2.45) is 0 Å². The van der Waals surface area contributed by atoms with Gasteiger partial charge in [0.1, 0.15) is 6.04 Å². The van der Waals surface area contributed by atoms with Crippen LogP contribution < -0.4 is 10.9 Å². The van der Waals surface area contributed by atoms with Crippen LogP contribution in [0.2, 0.25) is 0 Å². The summed E-state index contributed by atoms with van der Waals surface area (Å²) in [7, 11) is 0. The Balaban J connectivity index is 1.90. The van der Waals surface area contributed by atoms with E-state index in [1.165, 1.54) is 6.07 Å². The van der Waals surface area contributed by atoms with E-state index in [1.54, 1.807) is 36.9 Å². The third-order valence-corrected chi connectivity index (χ3v) is 3.81. The molecule has 1 unspecified atom stereocenters. The van der Waals surface area contributed by atoms with Gasteiger partial charge in [0.25, 0.3) is 11.5 Å². The minimum atomic E-state index is -0.844. The molecule has 26 heavy (non-hydrogen) atoms. The van der Waals surface area contributed by atoms with Gasteiger partial charge in [-0.3, -0.25) is 14.9 Å². The number of nitrogens with one attached hydrogen (secondary N) is 1. The molecule has 1 atom stereocenters. The molecule has 0 aliphatic carbocycles. The highest BCUT2D eigenvalue weighted by atomic mass is 16.2. The van der Waals surface area contributed by atoms with Gasteiger partial charge in [-0.2, -0.15) is 5.10 Å². The Hall–Kier alpha value is -3.36. The molecule has 3 aromatic heterocycles. The topological polar surface area (TPSA) is 108 Å². The molecule has 9 heteroatoms. The third-order valence-electron chi connectivity index (χ3n) is 3.81. The third kappa shape index (κ3) is 3.51. The fourth-order valence-electron chi connectivity index (χ4n) is 2.50. The fourth-order valence-corrected chi connectivity index (χ4v) is 2.50. The normalized spacial score (nSPS) is 12.0. The van der Waals surface area contributed by atoms with Crippen molar-refractivity contribution in [2.75, 3.05) is 5.32 Å².